The van der Waals surface area contributed by atoms with Gasteiger partial charge in [-0.15, -0.1) is 0 Å². The predicted molar refractivity (Wildman–Crippen MR) is 128 cm³/mol. The van der Waals surface area contributed by atoms with E-state index in [4.69, 9.17) is 0 Å². The molecule has 0 bridgehead atoms. The fourth-order valence-electron chi connectivity index (χ4n) is 4.67. The normalized spacial score (nSPS) is 22.8. The summed E-state index contributed by atoms with van der Waals surface area (Å²) in [5, 5.41) is 6.26. The van der Waals surface area contributed by atoms with E-state index in [0.717, 1.165) is 37.7 Å². The van der Waals surface area contributed by atoms with E-state index in [-0.39, 0.29) is 29.8 Å². The predicted octanol–water partition coefficient (Wildman–Crippen LogP) is 3.55. The average molecular weight is 446 g/mol. The van der Waals surface area contributed by atoms with Gasteiger partial charge in [-0.3, -0.25) is 14.4 Å². The molecule has 33 heavy (non-hydrogen) atoms. The highest BCUT2D eigenvalue weighted by Gasteiger charge is 2.34. The lowest BCUT2D eigenvalue weighted by atomic mass is 9.90. The quantitative estimate of drug-likeness (QED) is 0.668. The van der Waals surface area contributed by atoms with E-state index >= 15 is 0 Å². The summed E-state index contributed by atoms with van der Waals surface area (Å²) in [4.78, 5) is 39.7. The van der Waals surface area contributed by atoms with Gasteiger partial charge in [-0.05, 0) is 62.3 Å². The van der Waals surface area contributed by atoms with Crippen molar-refractivity contribution in [1.29, 1.82) is 0 Å². The number of hydrogen-bond acceptors (Lipinski definition) is 3. The second-order valence-corrected chi connectivity index (χ2v) is 8.83. The number of nitrogens with one attached hydrogen (secondary N) is 2. The van der Waals surface area contributed by atoms with Crippen LogP contribution in [0.3, 0.4) is 0 Å². The number of carbonyl (C=O) groups excluding carboxylic acids is 3. The lowest BCUT2D eigenvalue weighted by Crippen LogP contribution is -2.50. The second-order valence-electron chi connectivity index (χ2n) is 8.83. The molecule has 1 saturated heterocycles. The van der Waals surface area contributed by atoms with E-state index in [2.05, 4.69) is 10.6 Å². The molecule has 172 valence electrons. The minimum Gasteiger partial charge on any atom is -0.352 e. The van der Waals surface area contributed by atoms with Gasteiger partial charge in [-0.2, -0.15) is 0 Å². The maximum atomic E-state index is 12.9. The van der Waals surface area contributed by atoms with Crippen LogP contribution in [0.25, 0.3) is 6.08 Å². The summed E-state index contributed by atoms with van der Waals surface area (Å²) in [5.41, 5.74) is 1.63. The maximum Gasteiger partial charge on any atom is 0.251 e. The van der Waals surface area contributed by atoms with Crippen LogP contribution in [0, 0.1) is 0 Å². The first kappa shape index (κ1) is 22.8. The molecule has 1 heterocycles. The van der Waals surface area contributed by atoms with Crippen molar-refractivity contribution in [2.24, 2.45) is 0 Å². The number of carbonyl (C=O) groups is 3. The van der Waals surface area contributed by atoms with E-state index in [9.17, 15) is 14.4 Å². The molecule has 1 saturated carbocycles. The number of hydrogen-bond donors (Lipinski definition) is 2. The zero-order chi connectivity index (χ0) is 23.0. The number of benzene rings is 2. The molecule has 6 nitrogen and oxygen atoms in total. The fourth-order valence-corrected chi connectivity index (χ4v) is 4.67. The zero-order valence-electron chi connectivity index (χ0n) is 18.8. The van der Waals surface area contributed by atoms with E-state index < -0.39 is 6.04 Å². The first-order chi connectivity index (χ1) is 16.1. The van der Waals surface area contributed by atoms with Gasteiger partial charge in [0.25, 0.3) is 5.91 Å². The van der Waals surface area contributed by atoms with Crippen molar-refractivity contribution in [3.05, 3.63) is 77.9 Å². The molecule has 0 radical (unpaired) electrons. The smallest absolute Gasteiger partial charge is 0.251 e. The van der Waals surface area contributed by atoms with Crippen molar-refractivity contribution < 1.29 is 14.4 Å². The van der Waals surface area contributed by atoms with Gasteiger partial charge in [0.05, 0.1) is 0 Å². The van der Waals surface area contributed by atoms with Crippen molar-refractivity contribution in [2.45, 2.75) is 56.7 Å². The van der Waals surface area contributed by atoms with Crippen LogP contribution in [-0.2, 0) is 9.59 Å². The van der Waals surface area contributed by atoms with Gasteiger partial charge in [0.2, 0.25) is 11.8 Å². The van der Waals surface area contributed by atoms with Crippen LogP contribution in [0.2, 0.25) is 0 Å². The summed E-state index contributed by atoms with van der Waals surface area (Å²) in [6.45, 7) is 0.605. The average Bonchev–Trinajstić information content (AvgIpc) is 3.35. The van der Waals surface area contributed by atoms with Crippen molar-refractivity contribution in [3.8, 4) is 0 Å². The lowest BCUT2D eigenvalue weighted by molar-refractivity contribution is -0.135. The van der Waals surface area contributed by atoms with Gasteiger partial charge in [0.1, 0.15) is 6.04 Å². The SMILES string of the molecule is O=C(NC1CCC(NC(=O)[C@H]2CCCN2C(=O)/C=C/c2ccccc2)CC1)c1ccccc1. The summed E-state index contributed by atoms with van der Waals surface area (Å²) in [6, 6.07) is 18.7. The minimum absolute atomic E-state index is 0.0493. The summed E-state index contributed by atoms with van der Waals surface area (Å²) < 4.78 is 0. The summed E-state index contributed by atoms with van der Waals surface area (Å²) in [7, 11) is 0. The van der Waals surface area contributed by atoms with E-state index in [1.807, 2.05) is 60.7 Å². The molecular formula is C27H31N3O3. The molecular weight excluding hydrogens is 414 g/mol. The lowest BCUT2D eigenvalue weighted by Gasteiger charge is -2.31. The van der Waals surface area contributed by atoms with Gasteiger partial charge >= 0.3 is 0 Å². The molecule has 0 spiro atoms. The maximum absolute atomic E-state index is 12.9. The number of amides is 3. The molecule has 4 rings (SSSR count). The van der Waals surface area contributed by atoms with E-state index in [1.54, 1.807) is 17.1 Å². The van der Waals surface area contributed by atoms with Gasteiger partial charge < -0.3 is 15.5 Å². The Morgan fingerprint density at radius 1 is 0.788 bits per heavy atom. The molecule has 3 amide bonds. The Morgan fingerprint density at radius 2 is 1.39 bits per heavy atom. The van der Waals surface area contributed by atoms with Crippen molar-refractivity contribution in [1.82, 2.24) is 15.5 Å². The highest BCUT2D eigenvalue weighted by atomic mass is 16.2. The Hall–Kier alpha value is -3.41. The van der Waals surface area contributed by atoms with Gasteiger partial charge in [0, 0.05) is 30.3 Å². The van der Waals surface area contributed by atoms with Crippen LogP contribution >= 0.6 is 0 Å². The molecule has 0 unspecified atom stereocenters. The summed E-state index contributed by atoms with van der Waals surface area (Å²) in [5.74, 6) is -0.235. The van der Waals surface area contributed by atoms with Gasteiger partial charge in [0.15, 0.2) is 0 Å². The molecule has 0 aromatic heterocycles. The number of likely N-dealkylation sites (tertiary alicyclic amines) is 1. The monoisotopic (exact) mass is 445 g/mol. The van der Waals surface area contributed by atoms with Gasteiger partial charge in [-0.25, -0.2) is 0 Å². The number of nitrogens with zero attached hydrogens (tertiary/aromatic N) is 1. The van der Waals surface area contributed by atoms with Crippen molar-refractivity contribution in [3.63, 3.8) is 0 Å². The van der Waals surface area contributed by atoms with E-state index in [0.29, 0.717) is 18.5 Å². The molecule has 1 aliphatic carbocycles. The van der Waals surface area contributed by atoms with Crippen LogP contribution < -0.4 is 10.6 Å². The van der Waals surface area contributed by atoms with E-state index in [1.165, 1.54) is 0 Å². The van der Waals surface area contributed by atoms with Gasteiger partial charge in [-0.1, -0.05) is 48.5 Å². The Bertz CT molecular complexity index is 982. The standard InChI is InChI=1S/C27H31N3O3/c31-25(18-13-20-8-3-1-4-9-20)30-19-7-12-24(30)27(33)29-23-16-14-22(15-17-23)28-26(32)21-10-5-2-6-11-21/h1-6,8-11,13,18,22-24H,7,12,14-17,19H2,(H,28,32)(H,29,33)/b18-13+/t22?,23?,24-/m1/s1. The third-order valence-corrected chi connectivity index (χ3v) is 6.50. The molecule has 2 fully saturated rings. The summed E-state index contributed by atoms with van der Waals surface area (Å²) >= 11 is 0. The van der Waals surface area contributed by atoms with Crippen molar-refractivity contribution in [2.75, 3.05) is 6.54 Å². The second kappa shape index (κ2) is 10.9. The molecule has 2 aromatic rings. The Labute approximate surface area is 195 Å². The third-order valence-electron chi connectivity index (χ3n) is 6.50. The summed E-state index contributed by atoms with van der Waals surface area (Å²) in [6.07, 6.45) is 8.18. The van der Waals surface area contributed by atoms with Crippen LogP contribution in [0.4, 0.5) is 0 Å². The number of rotatable bonds is 6. The zero-order valence-corrected chi connectivity index (χ0v) is 18.8. The molecule has 6 heteroatoms. The first-order valence-corrected chi connectivity index (χ1v) is 11.8. The molecule has 2 N–H and O–H groups in total. The molecule has 1 atom stereocenters. The van der Waals surface area contributed by atoms with Crippen LogP contribution in [0.1, 0.15) is 54.4 Å². The molecule has 2 aliphatic rings. The largest absolute Gasteiger partial charge is 0.352 e. The molecule has 1 aliphatic heterocycles. The first-order valence-electron chi connectivity index (χ1n) is 11.8. The van der Waals surface area contributed by atoms with Crippen LogP contribution in [0.5, 0.6) is 0 Å². The Kier molecular flexibility index (Phi) is 7.55. The highest BCUT2D eigenvalue weighted by Crippen LogP contribution is 2.22. The topological polar surface area (TPSA) is 78.5 Å². The fraction of sp³-hybridized carbons (Fsp3) is 0.370. The Balaban J connectivity index is 1.25. The van der Waals surface area contributed by atoms with Crippen LogP contribution in [-0.4, -0.2) is 47.3 Å². The molecule has 2 aromatic carbocycles. The van der Waals surface area contributed by atoms with Crippen molar-refractivity contribution >= 4 is 23.8 Å². The highest BCUT2D eigenvalue weighted by molar-refractivity contribution is 5.96. The Morgan fingerprint density at radius 3 is 2.06 bits per heavy atom. The minimum atomic E-state index is -0.409. The van der Waals surface area contributed by atoms with Crippen LogP contribution in [0.15, 0.2) is 66.7 Å². The third kappa shape index (κ3) is 6.09.